The van der Waals surface area contributed by atoms with Gasteiger partial charge in [0.25, 0.3) is 0 Å². The van der Waals surface area contributed by atoms with Crippen LogP contribution in [0.25, 0.3) is 0 Å². The molecule has 0 saturated heterocycles. The van der Waals surface area contributed by atoms with Crippen LogP contribution in [-0.4, -0.2) is 45.0 Å². The highest BCUT2D eigenvalue weighted by Crippen LogP contribution is 2.07. The first kappa shape index (κ1) is 14.3. The van der Waals surface area contributed by atoms with Crippen LogP contribution < -0.4 is 5.32 Å². The van der Waals surface area contributed by atoms with Gasteiger partial charge in [0.1, 0.15) is 9.84 Å². The summed E-state index contributed by atoms with van der Waals surface area (Å²) in [5.74, 6) is 2.66. The molecule has 5 heteroatoms. The van der Waals surface area contributed by atoms with E-state index in [1.165, 1.54) is 6.26 Å². The fourth-order valence-corrected chi connectivity index (χ4v) is 3.31. The van der Waals surface area contributed by atoms with Gasteiger partial charge in [-0.15, -0.1) is 0 Å². The fraction of sp³-hybridized carbons (Fsp3) is 1.00. The van der Waals surface area contributed by atoms with Gasteiger partial charge in [0.05, 0.1) is 5.75 Å². The molecule has 0 aromatic carbocycles. The highest BCUT2D eigenvalue weighted by molar-refractivity contribution is 8.00. The molecule has 3 nitrogen and oxygen atoms in total. The monoisotopic (exact) mass is 239 g/mol. The van der Waals surface area contributed by atoms with Gasteiger partial charge in [-0.05, 0) is 24.8 Å². The van der Waals surface area contributed by atoms with Crippen molar-refractivity contribution in [1.29, 1.82) is 0 Å². The van der Waals surface area contributed by atoms with Crippen LogP contribution in [0.5, 0.6) is 0 Å². The number of nitrogens with one attached hydrogen (secondary N) is 1. The molecule has 0 radical (unpaired) electrons. The predicted molar refractivity (Wildman–Crippen MR) is 64.7 cm³/mol. The van der Waals surface area contributed by atoms with Crippen LogP contribution in [-0.2, 0) is 9.84 Å². The van der Waals surface area contributed by atoms with Crippen LogP contribution in [0.3, 0.4) is 0 Å². The molecule has 1 unspecified atom stereocenters. The second-order valence-corrected chi connectivity index (χ2v) is 7.03. The maximum Gasteiger partial charge on any atom is 0.148 e. The molecule has 0 aromatic heterocycles. The van der Waals surface area contributed by atoms with Crippen molar-refractivity contribution in [3.05, 3.63) is 0 Å². The molecule has 0 fully saturated rings. The predicted octanol–water partition coefficient (Wildman–Crippen LogP) is 1.01. The molecule has 0 amide bonds. The average molecular weight is 239 g/mol. The molecule has 0 aliphatic carbocycles. The number of hydrogen-bond donors (Lipinski definition) is 1. The second-order valence-electron chi connectivity index (χ2n) is 3.62. The van der Waals surface area contributed by atoms with E-state index >= 15 is 0 Å². The van der Waals surface area contributed by atoms with Crippen LogP contribution in [0.15, 0.2) is 0 Å². The van der Waals surface area contributed by atoms with Crippen molar-refractivity contribution in [3.8, 4) is 0 Å². The van der Waals surface area contributed by atoms with Crippen molar-refractivity contribution < 1.29 is 8.42 Å². The average Bonchev–Trinajstić information content (AvgIpc) is 2.07. The lowest BCUT2D eigenvalue weighted by atomic mass is 10.2. The Morgan fingerprint density at radius 2 is 2.07 bits per heavy atom. The summed E-state index contributed by atoms with van der Waals surface area (Å²) in [5, 5.41) is 3.27. The molecule has 0 aliphatic heterocycles. The van der Waals surface area contributed by atoms with Crippen molar-refractivity contribution in [2.24, 2.45) is 5.92 Å². The Balaban J connectivity index is 3.36. The maximum absolute atomic E-state index is 10.8. The van der Waals surface area contributed by atoms with Crippen molar-refractivity contribution in [3.63, 3.8) is 0 Å². The van der Waals surface area contributed by atoms with E-state index < -0.39 is 9.84 Å². The van der Waals surface area contributed by atoms with E-state index in [2.05, 4.69) is 19.2 Å². The van der Waals surface area contributed by atoms with Crippen LogP contribution in [0.2, 0.25) is 0 Å². The lowest BCUT2D eigenvalue weighted by Crippen LogP contribution is -2.22. The number of rotatable bonds is 8. The summed E-state index contributed by atoms with van der Waals surface area (Å²) >= 11 is 1.72. The van der Waals surface area contributed by atoms with Gasteiger partial charge in [0.2, 0.25) is 0 Å². The first-order valence-corrected chi connectivity index (χ1v) is 8.13. The summed E-state index contributed by atoms with van der Waals surface area (Å²) in [6.45, 7) is 6.28. The van der Waals surface area contributed by atoms with Gasteiger partial charge in [-0.1, -0.05) is 13.8 Å². The van der Waals surface area contributed by atoms with Crippen molar-refractivity contribution in [1.82, 2.24) is 5.32 Å². The van der Waals surface area contributed by atoms with Crippen LogP contribution in [0.1, 0.15) is 13.8 Å². The van der Waals surface area contributed by atoms with Crippen LogP contribution in [0.4, 0.5) is 0 Å². The highest BCUT2D eigenvalue weighted by atomic mass is 32.2. The Morgan fingerprint density at radius 3 is 2.57 bits per heavy atom. The third kappa shape index (κ3) is 10.3. The molecule has 0 saturated carbocycles. The molecular weight excluding hydrogens is 218 g/mol. The fourth-order valence-electron chi connectivity index (χ4n) is 0.944. The van der Waals surface area contributed by atoms with Crippen LogP contribution in [0, 0.1) is 5.92 Å². The lowest BCUT2D eigenvalue weighted by Gasteiger charge is -2.10. The second kappa shape index (κ2) is 7.54. The Hall–Kier alpha value is 0.260. The molecular formula is C9H21NO2S2. The summed E-state index contributed by atoms with van der Waals surface area (Å²) < 4.78 is 21.6. The van der Waals surface area contributed by atoms with Gasteiger partial charge in [-0.3, -0.25) is 0 Å². The molecule has 0 rings (SSSR count). The summed E-state index contributed by atoms with van der Waals surface area (Å²) in [5.41, 5.74) is 0. The first-order valence-electron chi connectivity index (χ1n) is 4.92. The maximum atomic E-state index is 10.8. The molecule has 14 heavy (non-hydrogen) atoms. The zero-order chi connectivity index (χ0) is 11.0. The van der Waals surface area contributed by atoms with Crippen LogP contribution >= 0.6 is 11.8 Å². The molecule has 1 N–H and O–H groups in total. The van der Waals surface area contributed by atoms with Crippen molar-refractivity contribution in [2.75, 3.05) is 36.6 Å². The minimum absolute atomic E-state index is 0.297. The third-order valence-corrected chi connectivity index (χ3v) is 4.25. The Labute approximate surface area is 92.0 Å². The molecule has 1 atom stereocenters. The van der Waals surface area contributed by atoms with Gasteiger partial charge < -0.3 is 5.32 Å². The molecule has 0 heterocycles. The Bertz CT molecular complexity index is 227. The van der Waals surface area contributed by atoms with Gasteiger partial charge in [0.15, 0.2) is 0 Å². The van der Waals surface area contributed by atoms with E-state index in [1.54, 1.807) is 11.8 Å². The summed E-state index contributed by atoms with van der Waals surface area (Å²) in [6.07, 6.45) is 1.29. The Kier molecular flexibility index (Phi) is 7.68. The molecule has 86 valence electrons. The standard InChI is InChI=1S/C9H21NO2S2/c1-4-10-7-9(2)8-13-5-6-14(3,11)12/h9-10H,4-8H2,1-3H3. The van der Waals surface area contributed by atoms with E-state index in [-0.39, 0.29) is 0 Å². The molecule has 0 aliphatic rings. The zero-order valence-electron chi connectivity index (χ0n) is 9.25. The van der Waals surface area contributed by atoms with E-state index in [0.29, 0.717) is 11.7 Å². The minimum atomic E-state index is -2.78. The van der Waals surface area contributed by atoms with Gasteiger partial charge in [-0.25, -0.2) is 8.42 Å². The summed E-state index contributed by atoms with van der Waals surface area (Å²) in [4.78, 5) is 0. The topological polar surface area (TPSA) is 46.2 Å². The summed E-state index contributed by atoms with van der Waals surface area (Å²) in [6, 6.07) is 0. The SMILES string of the molecule is CCNCC(C)CSCCS(C)(=O)=O. The molecule has 0 bridgehead atoms. The van der Waals surface area contributed by atoms with Gasteiger partial charge in [0, 0.05) is 12.0 Å². The van der Waals surface area contributed by atoms with E-state index in [9.17, 15) is 8.42 Å². The normalized spacial score (nSPS) is 14.2. The zero-order valence-corrected chi connectivity index (χ0v) is 10.9. The molecule has 0 aromatic rings. The lowest BCUT2D eigenvalue weighted by molar-refractivity contribution is 0.574. The third-order valence-electron chi connectivity index (χ3n) is 1.74. The van der Waals surface area contributed by atoms with E-state index in [0.717, 1.165) is 24.6 Å². The van der Waals surface area contributed by atoms with Crippen molar-refractivity contribution >= 4 is 21.6 Å². The largest absolute Gasteiger partial charge is 0.317 e. The minimum Gasteiger partial charge on any atom is -0.317 e. The first-order chi connectivity index (χ1) is 6.45. The smallest absolute Gasteiger partial charge is 0.148 e. The van der Waals surface area contributed by atoms with Gasteiger partial charge >= 0.3 is 0 Å². The van der Waals surface area contributed by atoms with Crippen molar-refractivity contribution in [2.45, 2.75) is 13.8 Å². The highest BCUT2D eigenvalue weighted by Gasteiger charge is 2.04. The number of sulfone groups is 1. The molecule has 0 spiro atoms. The quantitative estimate of drug-likeness (QED) is 0.642. The summed E-state index contributed by atoms with van der Waals surface area (Å²) in [7, 11) is -2.78. The van der Waals surface area contributed by atoms with Gasteiger partial charge in [-0.2, -0.15) is 11.8 Å². The number of hydrogen-bond acceptors (Lipinski definition) is 4. The van der Waals surface area contributed by atoms with E-state index in [4.69, 9.17) is 0 Å². The van der Waals surface area contributed by atoms with E-state index in [1.807, 2.05) is 0 Å². The number of thioether (sulfide) groups is 1. The Morgan fingerprint density at radius 1 is 1.43 bits per heavy atom.